The van der Waals surface area contributed by atoms with Crippen molar-refractivity contribution < 1.29 is 9.84 Å². The van der Waals surface area contributed by atoms with Crippen molar-refractivity contribution in [3.63, 3.8) is 0 Å². The van der Waals surface area contributed by atoms with Crippen LogP contribution in [0.2, 0.25) is 0 Å². The summed E-state index contributed by atoms with van der Waals surface area (Å²) >= 11 is 0. The number of hydrogen-bond acceptors (Lipinski definition) is 4. The van der Waals surface area contributed by atoms with Crippen LogP contribution < -0.4 is 10.1 Å². The number of nitrogens with zero attached hydrogens (tertiary/aromatic N) is 1. The number of aryl methyl sites for hydroxylation is 1. The van der Waals surface area contributed by atoms with Crippen molar-refractivity contribution in [3.05, 3.63) is 47.7 Å². The van der Waals surface area contributed by atoms with Crippen LogP contribution in [0.1, 0.15) is 23.6 Å². The first kappa shape index (κ1) is 11.8. The van der Waals surface area contributed by atoms with Crippen molar-refractivity contribution in [2.24, 2.45) is 0 Å². The molecule has 0 aliphatic heterocycles. The molecule has 0 spiro atoms. The van der Waals surface area contributed by atoms with Gasteiger partial charge in [-0.25, -0.2) is 4.98 Å². The van der Waals surface area contributed by atoms with Crippen LogP contribution in [0.25, 0.3) is 0 Å². The minimum absolute atomic E-state index is 0.244. The average Bonchev–Trinajstić information content (AvgIpc) is 2.82. The molecule has 4 nitrogen and oxygen atoms in total. The Balaban J connectivity index is 1.87. The van der Waals surface area contributed by atoms with Gasteiger partial charge in [-0.2, -0.15) is 0 Å². The maximum absolute atomic E-state index is 9.50. The van der Waals surface area contributed by atoms with Crippen LogP contribution in [0.15, 0.2) is 36.5 Å². The Morgan fingerprint density at radius 2 is 2.26 bits per heavy atom. The topological polar surface area (TPSA) is 54.4 Å². The van der Waals surface area contributed by atoms with Crippen molar-refractivity contribution >= 4 is 5.69 Å². The SMILES string of the molecule is COc1ncccc1NC1CCc2cc(O)ccc21. The molecule has 0 bridgehead atoms. The molecular weight excluding hydrogens is 240 g/mol. The van der Waals surface area contributed by atoms with Crippen molar-refractivity contribution in [2.75, 3.05) is 12.4 Å². The minimum Gasteiger partial charge on any atom is -0.508 e. The Kier molecular flexibility index (Phi) is 2.99. The van der Waals surface area contributed by atoms with E-state index in [0.717, 1.165) is 18.5 Å². The fourth-order valence-corrected chi connectivity index (χ4v) is 2.60. The van der Waals surface area contributed by atoms with Gasteiger partial charge in [0.1, 0.15) is 5.75 Å². The van der Waals surface area contributed by atoms with Crippen LogP contribution >= 0.6 is 0 Å². The summed E-state index contributed by atoms with van der Waals surface area (Å²) in [6.07, 6.45) is 3.70. The third-order valence-electron chi connectivity index (χ3n) is 3.50. The number of phenolic OH excluding ortho intramolecular Hbond substituents is 1. The van der Waals surface area contributed by atoms with E-state index >= 15 is 0 Å². The Bertz CT molecular complexity index is 598. The first-order valence-corrected chi connectivity index (χ1v) is 6.35. The second-order valence-corrected chi connectivity index (χ2v) is 4.68. The number of aromatic hydroxyl groups is 1. The van der Waals surface area contributed by atoms with Crippen LogP contribution in [-0.4, -0.2) is 17.2 Å². The average molecular weight is 256 g/mol. The van der Waals surface area contributed by atoms with Gasteiger partial charge in [0.25, 0.3) is 0 Å². The fourth-order valence-electron chi connectivity index (χ4n) is 2.60. The first-order valence-electron chi connectivity index (χ1n) is 6.35. The van der Waals surface area contributed by atoms with Gasteiger partial charge in [0.2, 0.25) is 5.88 Å². The Morgan fingerprint density at radius 3 is 3.11 bits per heavy atom. The zero-order valence-corrected chi connectivity index (χ0v) is 10.8. The van der Waals surface area contributed by atoms with Gasteiger partial charge in [-0.15, -0.1) is 0 Å². The monoisotopic (exact) mass is 256 g/mol. The molecule has 0 radical (unpaired) electrons. The number of benzene rings is 1. The highest BCUT2D eigenvalue weighted by molar-refractivity contribution is 5.55. The maximum Gasteiger partial charge on any atom is 0.237 e. The third kappa shape index (κ3) is 2.21. The molecule has 19 heavy (non-hydrogen) atoms. The van der Waals surface area contributed by atoms with Gasteiger partial charge in [0.05, 0.1) is 18.8 Å². The predicted octanol–water partition coefficient (Wildman–Crippen LogP) is 2.90. The number of fused-ring (bicyclic) bond motifs is 1. The van der Waals surface area contributed by atoms with Crippen molar-refractivity contribution in [3.8, 4) is 11.6 Å². The lowest BCUT2D eigenvalue weighted by Crippen LogP contribution is -2.08. The van der Waals surface area contributed by atoms with Gasteiger partial charge in [-0.3, -0.25) is 0 Å². The van der Waals surface area contributed by atoms with Crippen molar-refractivity contribution in [2.45, 2.75) is 18.9 Å². The molecule has 1 heterocycles. The summed E-state index contributed by atoms with van der Waals surface area (Å²) in [6.45, 7) is 0. The molecule has 2 N–H and O–H groups in total. The summed E-state index contributed by atoms with van der Waals surface area (Å²) in [4.78, 5) is 4.18. The van der Waals surface area contributed by atoms with Crippen LogP contribution in [0.5, 0.6) is 11.6 Å². The van der Waals surface area contributed by atoms with E-state index in [1.807, 2.05) is 24.3 Å². The lowest BCUT2D eigenvalue weighted by Gasteiger charge is -2.17. The van der Waals surface area contributed by atoms with Gasteiger partial charge in [-0.1, -0.05) is 6.07 Å². The standard InChI is InChI=1S/C15H16N2O2/c1-19-15-14(3-2-8-16-15)17-13-7-4-10-9-11(18)5-6-12(10)13/h2-3,5-6,8-9,13,17-18H,4,7H2,1H3. The number of ether oxygens (including phenoxy) is 1. The fraction of sp³-hybridized carbons (Fsp3) is 0.267. The number of nitrogens with one attached hydrogen (secondary N) is 1. The maximum atomic E-state index is 9.50. The van der Waals surface area contributed by atoms with Crippen LogP contribution in [0, 0.1) is 0 Å². The van der Waals surface area contributed by atoms with E-state index < -0.39 is 0 Å². The van der Waals surface area contributed by atoms with Crippen molar-refractivity contribution in [1.29, 1.82) is 0 Å². The van der Waals surface area contributed by atoms with Gasteiger partial charge in [-0.05, 0) is 48.2 Å². The molecule has 0 saturated heterocycles. The number of pyridine rings is 1. The normalized spacial score (nSPS) is 17.0. The second-order valence-electron chi connectivity index (χ2n) is 4.68. The molecule has 1 atom stereocenters. The lowest BCUT2D eigenvalue weighted by molar-refractivity contribution is 0.399. The number of phenols is 1. The Labute approximate surface area is 112 Å². The molecule has 2 aromatic rings. The van der Waals surface area contributed by atoms with E-state index in [9.17, 15) is 5.11 Å². The molecule has 98 valence electrons. The zero-order valence-electron chi connectivity index (χ0n) is 10.8. The van der Waals surface area contributed by atoms with Gasteiger partial charge >= 0.3 is 0 Å². The van der Waals surface area contributed by atoms with Crippen molar-refractivity contribution in [1.82, 2.24) is 4.98 Å². The van der Waals surface area contributed by atoms with E-state index in [0.29, 0.717) is 11.6 Å². The number of aromatic nitrogens is 1. The molecule has 1 aromatic heterocycles. The van der Waals surface area contributed by atoms with Crippen LogP contribution in [-0.2, 0) is 6.42 Å². The molecule has 0 saturated carbocycles. The highest BCUT2D eigenvalue weighted by Crippen LogP contribution is 2.36. The van der Waals surface area contributed by atoms with E-state index in [-0.39, 0.29) is 6.04 Å². The molecule has 1 aromatic carbocycles. The summed E-state index contributed by atoms with van der Waals surface area (Å²) in [6, 6.07) is 9.66. The highest BCUT2D eigenvalue weighted by Gasteiger charge is 2.23. The number of rotatable bonds is 3. The highest BCUT2D eigenvalue weighted by atomic mass is 16.5. The Hall–Kier alpha value is -2.23. The first-order chi connectivity index (χ1) is 9.28. The molecule has 3 rings (SSSR count). The number of methoxy groups -OCH3 is 1. The van der Waals surface area contributed by atoms with E-state index in [1.165, 1.54) is 11.1 Å². The quantitative estimate of drug-likeness (QED) is 0.886. The predicted molar refractivity (Wildman–Crippen MR) is 73.6 cm³/mol. The van der Waals surface area contributed by atoms with E-state index in [4.69, 9.17) is 4.74 Å². The van der Waals surface area contributed by atoms with E-state index in [1.54, 1.807) is 19.4 Å². The molecular formula is C15H16N2O2. The van der Waals surface area contributed by atoms with Gasteiger partial charge in [0.15, 0.2) is 0 Å². The summed E-state index contributed by atoms with van der Waals surface area (Å²) in [7, 11) is 1.62. The summed E-state index contributed by atoms with van der Waals surface area (Å²) in [5.41, 5.74) is 3.35. The second kappa shape index (κ2) is 4.80. The zero-order chi connectivity index (χ0) is 13.2. The minimum atomic E-state index is 0.244. The summed E-state index contributed by atoms with van der Waals surface area (Å²) in [5, 5.41) is 13.0. The van der Waals surface area contributed by atoms with Crippen LogP contribution in [0.3, 0.4) is 0 Å². The summed E-state index contributed by atoms with van der Waals surface area (Å²) < 4.78 is 5.25. The molecule has 0 fully saturated rings. The van der Waals surface area contributed by atoms with Gasteiger partial charge < -0.3 is 15.2 Å². The lowest BCUT2D eigenvalue weighted by atomic mass is 10.1. The van der Waals surface area contributed by atoms with Gasteiger partial charge in [0, 0.05) is 6.20 Å². The molecule has 0 amide bonds. The number of hydrogen-bond donors (Lipinski definition) is 2. The molecule has 1 aliphatic rings. The molecule has 1 unspecified atom stereocenters. The molecule has 1 aliphatic carbocycles. The number of anilines is 1. The van der Waals surface area contributed by atoms with Crippen LogP contribution in [0.4, 0.5) is 5.69 Å². The summed E-state index contributed by atoms with van der Waals surface area (Å²) in [5.74, 6) is 0.938. The Morgan fingerprint density at radius 1 is 1.37 bits per heavy atom. The largest absolute Gasteiger partial charge is 0.508 e. The molecule has 4 heteroatoms. The third-order valence-corrected chi connectivity index (χ3v) is 3.50. The van der Waals surface area contributed by atoms with E-state index in [2.05, 4.69) is 10.3 Å². The smallest absolute Gasteiger partial charge is 0.237 e.